The molecule has 0 radical (unpaired) electrons. The van der Waals surface area contributed by atoms with Crippen molar-refractivity contribution >= 4 is 44.1 Å². The van der Waals surface area contributed by atoms with Gasteiger partial charge in [0.25, 0.3) is 5.78 Å². The van der Waals surface area contributed by atoms with Gasteiger partial charge in [-0.1, -0.05) is 23.5 Å². The smallest absolute Gasteiger partial charge is 0.301 e. The zero-order valence-electron chi connectivity index (χ0n) is 21.8. The molecule has 1 aliphatic rings. The number of amides is 1. The van der Waals surface area contributed by atoms with Gasteiger partial charge in [-0.3, -0.25) is 14.5 Å². The molecule has 0 bridgehead atoms. The molecule has 1 aromatic heterocycles. The fourth-order valence-electron chi connectivity index (χ4n) is 4.61. The molecule has 0 aliphatic carbocycles. The first-order valence-electron chi connectivity index (χ1n) is 12.3. The summed E-state index contributed by atoms with van der Waals surface area (Å²) in [5.74, 6) is -1.13. The number of phenols is 1. The zero-order valence-corrected chi connectivity index (χ0v) is 22.6. The van der Waals surface area contributed by atoms with E-state index in [1.807, 2.05) is 46.8 Å². The number of fused-ring (bicyclic) bond motifs is 1. The summed E-state index contributed by atoms with van der Waals surface area (Å²) >= 11 is 1.32. The molecule has 1 amide bonds. The number of carbonyl (C=O) groups is 2. The molecule has 1 aliphatic heterocycles. The predicted molar refractivity (Wildman–Crippen MR) is 149 cm³/mol. The molecule has 8 heteroatoms. The molecule has 0 spiro atoms. The number of aliphatic hydroxyl groups excluding tert-OH is 1. The maximum Gasteiger partial charge on any atom is 0.301 e. The Morgan fingerprint density at radius 3 is 2.32 bits per heavy atom. The molecule has 4 aromatic rings. The minimum absolute atomic E-state index is 0.0191. The van der Waals surface area contributed by atoms with Gasteiger partial charge in [0.05, 0.1) is 27.9 Å². The average molecular weight is 529 g/mol. The number of phenolic OH excluding ortho intramolecular Hbond substituents is 1. The van der Waals surface area contributed by atoms with Crippen LogP contribution in [0.1, 0.15) is 47.7 Å². The van der Waals surface area contributed by atoms with Gasteiger partial charge in [-0.05, 0) is 99.3 Å². The second-order valence-corrected chi connectivity index (χ2v) is 10.8. The third kappa shape index (κ3) is 4.41. The van der Waals surface area contributed by atoms with Crippen LogP contribution in [0.5, 0.6) is 11.5 Å². The largest absolute Gasteiger partial charge is 0.508 e. The van der Waals surface area contributed by atoms with Gasteiger partial charge in [0.15, 0.2) is 5.13 Å². The highest BCUT2D eigenvalue weighted by atomic mass is 32.1. The van der Waals surface area contributed by atoms with E-state index in [0.717, 1.165) is 26.9 Å². The van der Waals surface area contributed by atoms with Crippen LogP contribution in [-0.4, -0.2) is 33.0 Å². The molecule has 38 heavy (non-hydrogen) atoms. The highest BCUT2D eigenvalue weighted by molar-refractivity contribution is 7.22. The number of aromatic hydroxyl groups is 1. The molecule has 1 saturated heterocycles. The molecule has 1 unspecified atom stereocenters. The van der Waals surface area contributed by atoms with Gasteiger partial charge in [-0.25, -0.2) is 4.98 Å². The highest BCUT2D eigenvalue weighted by Gasteiger charge is 2.48. The van der Waals surface area contributed by atoms with Gasteiger partial charge in [0.1, 0.15) is 17.3 Å². The summed E-state index contributed by atoms with van der Waals surface area (Å²) in [6, 6.07) is 14.5. The number of ketones is 1. The topological polar surface area (TPSA) is 100.0 Å². The van der Waals surface area contributed by atoms with Crippen molar-refractivity contribution in [2.75, 3.05) is 4.90 Å². The van der Waals surface area contributed by atoms with Crippen LogP contribution in [0, 0.1) is 20.8 Å². The van der Waals surface area contributed by atoms with Crippen molar-refractivity contribution in [2.24, 2.45) is 0 Å². The van der Waals surface area contributed by atoms with E-state index in [-0.39, 0.29) is 23.2 Å². The Morgan fingerprint density at radius 1 is 0.974 bits per heavy atom. The van der Waals surface area contributed by atoms with Gasteiger partial charge in [-0.2, -0.15) is 0 Å². The summed E-state index contributed by atoms with van der Waals surface area (Å²) in [6.07, 6.45) is -0.0191. The third-order valence-electron chi connectivity index (χ3n) is 6.66. The summed E-state index contributed by atoms with van der Waals surface area (Å²) in [5, 5.41) is 21.7. The molecule has 5 rings (SSSR count). The van der Waals surface area contributed by atoms with Crippen molar-refractivity contribution in [2.45, 2.75) is 46.8 Å². The number of rotatable bonds is 5. The molecule has 3 aromatic carbocycles. The number of hydrogen-bond acceptors (Lipinski definition) is 7. The van der Waals surface area contributed by atoms with E-state index in [2.05, 4.69) is 0 Å². The van der Waals surface area contributed by atoms with Crippen LogP contribution in [-0.2, 0) is 9.59 Å². The Morgan fingerprint density at radius 2 is 1.66 bits per heavy atom. The lowest BCUT2D eigenvalue weighted by Gasteiger charge is -2.23. The van der Waals surface area contributed by atoms with Gasteiger partial charge >= 0.3 is 5.91 Å². The van der Waals surface area contributed by atoms with Crippen LogP contribution < -0.4 is 9.64 Å². The molecule has 1 fully saturated rings. The fourth-order valence-corrected chi connectivity index (χ4v) is 5.68. The number of anilines is 1. The number of aliphatic hydroxyl groups is 1. The number of aryl methyl sites for hydroxylation is 3. The number of Topliss-reactive ketones (excluding diaryl/α,β-unsaturated/α-hetero) is 1. The molecule has 7 nitrogen and oxygen atoms in total. The zero-order chi connectivity index (χ0) is 27.3. The maximum absolute atomic E-state index is 13.5. The third-order valence-corrected chi connectivity index (χ3v) is 7.68. The number of ether oxygens (including phenoxy) is 1. The van der Waals surface area contributed by atoms with Crippen LogP contribution in [0.15, 0.2) is 60.2 Å². The number of thiazole rings is 1. The van der Waals surface area contributed by atoms with Crippen molar-refractivity contribution in [3.05, 3.63) is 88.0 Å². The summed E-state index contributed by atoms with van der Waals surface area (Å²) in [6.45, 7) is 9.72. The van der Waals surface area contributed by atoms with Crippen molar-refractivity contribution in [3.63, 3.8) is 0 Å². The van der Waals surface area contributed by atoms with Crippen molar-refractivity contribution < 1.29 is 24.5 Å². The van der Waals surface area contributed by atoms with E-state index in [0.29, 0.717) is 22.0 Å². The van der Waals surface area contributed by atoms with E-state index in [9.17, 15) is 19.8 Å². The van der Waals surface area contributed by atoms with E-state index < -0.39 is 17.7 Å². The number of benzene rings is 3. The Bertz CT molecular complexity index is 1580. The van der Waals surface area contributed by atoms with Gasteiger partial charge in [-0.15, -0.1) is 0 Å². The number of carbonyl (C=O) groups excluding carboxylic acids is 2. The Hall–Kier alpha value is -4.17. The maximum atomic E-state index is 13.5. The first-order valence-corrected chi connectivity index (χ1v) is 13.1. The minimum Gasteiger partial charge on any atom is -0.508 e. The molecule has 2 heterocycles. The monoisotopic (exact) mass is 528 g/mol. The quantitative estimate of drug-likeness (QED) is 0.178. The normalized spacial score (nSPS) is 17.1. The minimum atomic E-state index is -0.926. The SMILES string of the molecule is Cc1cc2nc(N3C(=O)C(=O)/C(=C(/O)c4ccc(OC(C)C)c(C)c4)C3c3ccc(O)cc3)sc2cc1C. The molecular weight excluding hydrogens is 500 g/mol. The van der Waals surface area contributed by atoms with Crippen LogP contribution in [0.25, 0.3) is 16.0 Å². The standard InChI is InChI=1S/C30H28N2O5S/c1-15(2)37-23-11-8-20(12-18(23)5)27(34)25-26(19-6-9-21(33)10-7-19)32(29(36)28(25)35)30-31-22-13-16(3)17(4)14-24(22)38-30/h6-15,26,33-34H,1-5H3/b27-25+. The molecule has 1 atom stereocenters. The number of nitrogens with zero attached hydrogens (tertiary/aromatic N) is 2. The van der Waals surface area contributed by atoms with E-state index in [1.54, 1.807) is 30.3 Å². The first-order chi connectivity index (χ1) is 18.0. The predicted octanol–water partition coefficient (Wildman–Crippen LogP) is 6.34. The van der Waals surface area contributed by atoms with Crippen LogP contribution in [0.2, 0.25) is 0 Å². The lowest BCUT2D eigenvalue weighted by molar-refractivity contribution is -0.132. The Kier molecular flexibility index (Phi) is 6.44. The summed E-state index contributed by atoms with van der Waals surface area (Å²) in [5.41, 5.74) is 4.62. The van der Waals surface area contributed by atoms with E-state index >= 15 is 0 Å². The van der Waals surface area contributed by atoms with Gasteiger partial charge in [0, 0.05) is 5.56 Å². The molecule has 194 valence electrons. The van der Waals surface area contributed by atoms with E-state index in [1.165, 1.54) is 28.4 Å². The Balaban J connectivity index is 1.68. The van der Waals surface area contributed by atoms with Crippen LogP contribution in [0.3, 0.4) is 0 Å². The summed E-state index contributed by atoms with van der Waals surface area (Å²) in [7, 11) is 0. The molecular formula is C30H28N2O5S. The van der Waals surface area contributed by atoms with Crippen molar-refractivity contribution in [1.29, 1.82) is 0 Å². The Labute approximate surface area is 224 Å². The van der Waals surface area contributed by atoms with Gasteiger partial charge < -0.3 is 14.9 Å². The average Bonchev–Trinajstić information content (AvgIpc) is 3.38. The number of aromatic nitrogens is 1. The number of hydrogen-bond donors (Lipinski definition) is 2. The van der Waals surface area contributed by atoms with Crippen molar-refractivity contribution in [1.82, 2.24) is 4.98 Å². The van der Waals surface area contributed by atoms with Crippen LogP contribution >= 0.6 is 11.3 Å². The second kappa shape index (κ2) is 9.61. The molecule has 0 saturated carbocycles. The highest BCUT2D eigenvalue weighted by Crippen LogP contribution is 2.45. The summed E-state index contributed by atoms with van der Waals surface area (Å²) < 4.78 is 6.70. The fraction of sp³-hybridized carbons (Fsp3) is 0.233. The van der Waals surface area contributed by atoms with E-state index in [4.69, 9.17) is 9.72 Å². The van der Waals surface area contributed by atoms with Crippen LogP contribution in [0.4, 0.5) is 5.13 Å². The summed E-state index contributed by atoms with van der Waals surface area (Å²) in [4.78, 5) is 33.0. The lowest BCUT2D eigenvalue weighted by atomic mass is 9.95. The van der Waals surface area contributed by atoms with Gasteiger partial charge in [0.2, 0.25) is 0 Å². The van der Waals surface area contributed by atoms with Crippen molar-refractivity contribution in [3.8, 4) is 11.5 Å². The lowest BCUT2D eigenvalue weighted by Crippen LogP contribution is -2.29. The first kappa shape index (κ1) is 25.5. The second-order valence-electron chi connectivity index (χ2n) is 9.81. The molecule has 2 N–H and O–H groups in total.